The van der Waals surface area contributed by atoms with Crippen LogP contribution in [0.25, 0.3) is 11.1 Å². The zero-order chi connectivity index (χ0) is 25.9. The second-order valence-corrected chi connectivity index (χ2v) is 10.6. The highest BCUT2D eigenvalue weighted by Crippen LogP contribution is 2.40. The van der Waals surface area contributed by atoms with Crippen molar-refractivity contribution in [3.63, 3.8) is 0 Å². The molecule has 0 spiro atoms. The number of hydrogen-bond acceptors (Lipinski definition) is 3. The monoisotopic (exact) mass is 503 g/mol. The van der Waals surface area contributed by atoms with Gasteiger partial charge in [0.05, 0.1) is 6.42 Å². The van der Waals surface area contributed by atoms with Gasteiger partial charge in [-0.05, 0) is 72.4 Å². The van der Waals surface area contributed by atoms with Crippen LogP contribution in [0.1, 0.15) is 77.7 Å². The largest absolute Gasteiger partial charge is 0.481 e. The first-order valence-corrected chi connectivity index (χ1v) is 13.7. The molecule has 0 bridgehead atoms. The van der Waals surface area contributed by atoms with Crippen molar-refractivity contribution in [1.82, 2.24) is 5.32 Å². The molecule has 4 nitrogen and oxygen atoms in total. The lowest BCUT2D eigenvalue weighted by atomic mass is 10.0. The van der Waals surface area contributed by atoms with Crippen LogP contribution in [0, 0.1) is 13.8 Å². The molecule has 190 valence electrons. The summed E-state index contributed by atoms with van der Waals surface area (Å²) in [6, 6.07) is 23.2. The van der Waals surface area contributed by atoms with Crippen LogP contribution in [0.5, 0.6) is 0 Å². The first kappa shape index (κ1) is 27.5. The maximum Gasteiger partial charge on any atom is 0.305 e. The van der Waals surface area contributed by atoms with Crippen molar-refractivity contribution in [3.05, 3.63) is 89.0 Å². The average molecular weight is 504 g/mol. The molecule has 0 fully saturated rings. The van der Waals surface area contributed by atoms with Crippen molar-refractivity contribution in [2.24, 2.45) is 0 Å². The lowest BCUT2D eigenvalue weighted by molar-refractivity contribution is -0.136. The molecule has 3 aromatic rings. The van der Waals surface area contributed by atoms with Gasteiger partial charge in [-0.25, -0.2) is 0 Å². The molecule has 36 heavy (non-hydrogen) atoms. The molecular formula is C31H37NO3S. The Bertz CT molecular complexity index is 1140. The molecule has 3 aromatic carbocycles. The van der Waals surface area contributed by atoms with E-state index in [-0.39, 0.29) is 18.9 Å². The number of carboxylic acid groups (broad SMARTS) is 1. The van der Waals surface area contributed by atoms with Crippen LogP contribution in [0.15, 0.2) is 71.6 Å². The molecule has 1 unspecified atom stereocenters. The Hall–Kier alpha value is -3.05. The van der Waals surface area contributed by atoms with E-state index in [9.17, 15) is 9.59 Å². The van der Waals surface area contributed by atoms with Gasteiger partial charge in [-0.3, -0.25) is 9.59 Å². The highest BCUT2D eigenvalue weighted by molar-refractivity contribution is 7.99. The molecule has 0 heterocycles. The van der Waals surface area contributed by atoms with Gasteiger partial charge in [0, 0.05) is 22.3 Å². The van der Waals surface area contributed by atoms with Crippen molar-refractivity contribution in [2.45, 2.75) is 69.4 Å². The summed E-state index contributed by atoms with van der Waals surface area (Å²) in [5, 5.41) is 11.7. The Morgan fingerprint density at radius 2 is 1.56 bits per heavy atom. The van der Waals surface area contributed by atoms with Crippen LogP contribution in [-0.2, 0) is 4.79 Å². The summed E-state index contributed by atoms with van der Waals surface area (Å²) < 4.78 is 0. The molecule has 0 radical (unpaired) electrons. The van der Waals surface area contributed by atoms with Crippen molar-refractivity contribution in [1.29, 1.82) is 0 Å². The van der Waals surface area contributed by atoms with E-state index in [2.05, 4.69) is 68.6 Å². The summed E-state index contributed by atoms with van der Waals surface area (Å²) in [5.41, 5.74) is 6.83. The van der Waals surface area contributed by atoms with Gasteiger partial charge in [-0.2, -0.15) is 0 Å². The standard InChI is InChI=1S/C31H37NO3S/c1-4-5-6-7-8-29(25-11-13-26(14-12-25)31(35)32-20-19-30(33)34)36-28-17-15-24(16-18-28)27-10-9-22(2)23(3)21-27/h9-18,21,29H,4-8,19-20H2,1-3H3,(H,32,35)(H,33,34). The Morgan fingerprint density at radius 1 is 0.861 bits per heavy atom. The minimum Gasteiger partial charge on any atom is -0.481 e. The van der Waals surface area contributed by atoms with Crippen molar-refractivity contribution in [3.8, 4) is 11.1 Å². The number of aryl methyl sites for hydroxylation is 2. The maximum atomic E-state index is 12.3. The van der Waals surface area contributed by atoms with Crippen LogP contribution in [0.4, 0.5) is 0 Å². The molecule has 1 atom stereocenters. The molecule has 0 aromatic heterocycles. The van der Waals surface area contributed by atoms with Crippen molar-refractivity contribution >= 4 is 23.6 Å². The normalized spacial score (nSPS) is 11.8. The zero-order valence-corrected chi connectivity index (χ0v) is 22.4. The van der Waals surface area contributed by atoms with Gasteiger partial charge in [0.15, 0.2) is 0 Å². The number of aliphatic carboxylic acids is 1. The fourth-order valence-corrected chi connectivity index (χ4v) is 5.30. The Kier molecular flexibility index (Phi) is 10.6. The van der Waals surface area contributed by atoms with Gasteiger partial charge in [-0.1, -0.05) is 75.1 Å². The lowest BCUT2D eigenvalue weighted by Crippen LogP contribution is -2.25. The first-order valence-electron chi connectivity index (χ1n) is 12.8. The van der Waals surface area contributed by atoms with E-state index in [0.717, 1.165) is 6.42 Å². The van der Waals surface area contributed by atoms with E-state index in [4.69, 9.17) is 5.11 Å². The number of hydrogen-bond donors (Lipinski definition) is 2. The number of benzene rings is 3. The second-order valence-electron chi connectivity index (χ2n) is 9.30. The van der Waals surface area contributed by atoms with Crippen LogP contribution in [-0.4, -0.2) is 23.5 Å². The molecule has 2 N–H and O–H groups in total. The quantitative estimate of drug-likeness (QED) is 0.183. The number of nitrogens with one attached hydrogen (secondary N) is 1. The fourth-order valence-electron chi connectivity index (χ4n) is 4.10. The molecule has 0 saturated carbocycles. The Balaban J connectivity index is 1.71. The highest BCUT2D eigenvalue weighted by atomic mass is 32.2. The molecule has 3 rings (SSSR count). The molecule has 5 heteroatoms. The third kappa shape index (κ3) is 8.27. The predicted molar refractivity (Wildman–Crippen MR) is 150 cm³/mol. The molecule has 0 aliphatic heterocycles. The average Bonchev–Trinajstić information content (AvgIpc) is 2.88. The van der Waals surface area contributed by atoms with E-state index < -0.39 is 5.97 Å². The van der Waals surface area contributed by atoms with Gasteiger partial charge < -0.3 is 10.4 Å². The van der Waals surface area contributed by atoms with E-state index in [0.29, 0.717) is 10.8 Å². The van der Waals surface area contributed by atoms with Crippen LogP contribution in [0.2, 0.25) is 0 Å². The van der Waals surface area contributed by atoms with Crippen molar-refractivity contribution in [2.75, 3.05) is 6.54 Å². The minimum atomic E-state index is -0.921. The molecule has 0 aliphatic rings. The topological polar surface area (TPSA) is 66.4 Å². The second kappa shape index (κ2) is 13.9. The maximum absolute atomic E-state index is 12.3. The van der Waals surface area contributed by atoms with Gasteiger partial charge >= 0.3 is 5.97 Å². The number of carbonyl (C=O) groups is 2. The third-order valence-corrected chi connectivity index (χ3v) is 7.80. The van der Waals surface area contributed by atoms with Gasteiger partial charge in [0.25, 0.3) is 5.91 Å². The van der Waals surface area contributed by atoms with Gasteiger partial charge in [0.1, 0.15) is 0 Å². The Labute approximate surface area is 219 Å². The van der Waals surface area contributed by atoms with Gasteiger partial charge in [0.2, 0.25) is 0 Å². The summed E-state index contributed by atoms with van der Waals surface area (Å²) >= 11 is 1.87. The molecular weight excluding hydrogens is 466 g/mol. The Morgan fingerprint density at radius 3 is 2.19 bits per heavy atom. The van der Waals surface area contributed by atoms with E-state index in [1.165, 1.54) is 58.4 Å². The smallest absolute Gasteiger partial charge is 0.305 e. The van der Waals surface area contributed by atoms with E-state index >= 15 is 0 Å². The number of amides is 1. The van der Waals surface area contributed by atoms with Crippen LogP contribution >= 0.6 is 11.8 Å². The van der Waals surface area contributed by atoms with Gasteiger partial charge in [-0.15, -0.1) is 11.8 Å². The molecule has 0 saturated heterocycles. The number of rotatable bonds is 13. The molecule has 0 aliphatic carbocycles. The first-order chi connectivity index (χ1) is 17.4. The van der Waals surface area contributed by atoms with Crippen molar-refractivity contribution < 1.29 is 14.7 Å². The number of thioether (sulfide) groups is 1. The SMILES string of the molecule is CCCCCCC(Sc1ccc(-c2ccc(C)c(C)c2)cc1)c1ccc(C(=O)NCCC(=O)O)cc1. The predicted octanol–water partition coefficient (Wildman–Crippen LogP) is 7.98. The third-order valence-electron chi connectivity index (χ3n) is 6.46. The minimum absolute atomic E-state index is 0.0807. The van der Waals surface area contributed by atoms with E-state index in [1.807, 2.05) is 36.0 Å². The summed E-state index contributed by atoms with van der Waals surface area (Å²) in [6.45, 7) is 6.64. The highest BCUT2D eigenvalue weighted by Gasteiger charge is 2.15. The number of carbonyl (C=O) groups excluding carboxylic acids is 1. The summed E-state index contributed by atoms with van der Waals surface area (Å²) in [6.07, 6.45) is 5.85. The zero-order valence-electron chi connectivity index (χ0n) is 21.5. The summed E-state index contributed by atoms with van der Waals surface area (Å²) in [4.78, 5) is 24.2. The van der Waals surface area contributed by atoms with Crippen LogP contribution in [0.3, 0.4) is 0 Å². The lowest BCUT2D eigenvalue weighted by Gasteiger charge is -2.18. The van der Waals surface area contributed by atoms with Crippen LogP contribution < -0.4 is 5.32 Å². The summed E-state index contributed by atoms with van der Waals surface area (Å²) in [7, 11) is 0. The van der Waals surface area contributed by atoms with E-state index in [1.54, 1.807) is 0 Å². The molecule has 1 amide bonds. The number of carboxylic acids is 1. The fraction of sp³-hybridized carbons (Fsp3) is 0.355. The summed E-state index contributed by atoms with van der Waals surface area (Å²) in [5.74, 6) is -1.16. The number of unbranched alkanes of at least 4 members (excludes halogenated alkanes) is 3.